The van der Waals surface area contributed by atoms with Crippen molar-refractivity contribution in [1.29, 1.82) is 0 Å². The highest BCUT2D eigenvalue weighted by atomic mass is 32.1. The number of hydrogen-bond donors (Lipinski definition) is 1. The van der Waals surface area contributed by atoms with Gasteiger partial charge in [-0.15, -0.1) is 0 Å². The van der Waals surface area contributed by atoms with Gasteiger partial charge in [-0.05, 0) is 0 Å². The van der Waals surface area contributed by atoms with Crippen LogP contribution in [-0.2, 0) is 6.54 Å². The molecule has 0 fully saturated rings. The van der Waals surface area contributed by atoms with Crippen LogP contribution in [0, 0.1) is 0 Å². The van der Waals surface area contributed by atoms with Crippen LogP contribution in [0.1, 0.15) is 32.0 Å². The van der Waals surface area contributed by atoms with E-state index in [-0.39, 0.29) is 0 Å². The smallest absolute Gasteiger partial charge is 0.163 e. The Bertz CT molecular complexity index is 694. The van der Waals surface area contributed by atoms with Gasteiger partial charge in [0, 0.05) is 31.0 Å². The van der Waals surface area contributed by atoms with Crippen LogP contribution in [0.2, 0.25) is 0 Å². The van der Waals surface area contributed by atoms with E-state index < -0.39 is 0 Å². The zero-order valence-corrected chi connectivity index (χ0v) is 13.1. The van der Waals surface area contributed by atoms with Gasteiger partial charge in [-0.1, -0.05) is 26.1 Å². The van der Waals surface area contributed by atoms with E-state index >= 15 is 0 Å². The van der Waals surface area contributed by atoms with Gasteiger partial charge in [-0.2, -0.15) is 0 Å². The van der Waals surface area contributed by atoms with Crippen molar-refractivity contribution >= 4 is 28.2 Å². The van der Waals surface area contributed by atoms with Gasteiger partial charge in [-0.25, -0.2) is 4.98 Å². The lowest BCUT2D eigenvalue weighted by Crippen LogP contribution is -2.16. The lowest BCUT2D eigenvalue weighted by Gasteiger charge is -2.18. The summed E-state index contributed by atoms with van der Waals surface area (Å²) in [6.07, 6.45) is 0.662. The highest BCUT2D eigenvalue weighted by Crippen LogP contribution is 2.35. The number of thiocarbonyl (C=S) groups is 1. The number of hydrogen-bond acceptors (Lipinski definition) is 4. The van der Waals surface area contributed by atoms with Crippen molar-refractivity contribution in [1.82, 2.24) is 9.55 Å². The average Bonchev–Trinajstić information content (AvgIpc) is 2.80. The van der Waals surface area contributed by atoms with Gasteiger partial charge in [0.1, 0.15) is 19.0 Å². The highest BCUT2D eigenvalue weighted by molar-refractivity contribution is 7.80. The fourth-order valence-electron chi connectivity index (χ4n) is 2.58. The maximum Gasteiger partial charge on any atom is 0.163 e. The number of benzene rings is 1. The van der Waals surface area contributed by atoms with E-state index in [4.69, 9.17) is 32.4 Å². The highest BCUT2D eigenvalue weighted by Gasteiger charge is 2.19. The van der Waals surface area contributed by atoms with E-state index in [1.54, 1.807) is 0 Å². The SMILES string of the molecule is CC(C)c1nc2cc3c(cc2n1CCC(N)=S)OCCO3. The Kier molecular flexibility index (Phi) is 3.71. The Morgan fingerprint density at radius 1 is 1.33 bits per heavy atom. The van der Waals surface area contributed by atoms with Crippen molar-refractivity contribution in [3.05, 3.63) is 18.0 Å². The first kappa shape index (κ1) is 14.1. The molecule has 0 amide bonds. The number of nitrogens with two attached hydrogens (primary N) is 1. The van der Waals surface area contributed by atoms with Crippen molar-refractivity contribution in [2.75, 3.05) is 13.2 Å². The average molecular weight is 305 g/mol. The van der Waals surface area contributed by atoms with Crippen molar-refractivity contribution in [3.8, 4) is 11.5 Å². The topological polar surface area (TPSA) is 62.3 Å². The molecule has 112 valence electrons. The molecule has 0 saturated carbocycles. The summed E-state index contributed by atoms with van der Waals surface area (Å²) in [4.78, 5) is 5.26. The summed E-state index contributed by atoms with van der Waals surface area (Å²) in [6, 6.07) is 3.95. The minimum absolute atomic E-state index is 0.322. The third-order valence-corrected chi connectivity index (χ3v) is 3.74. The molecule has 1 aromatic heterocycles. The number of ether oxygens (including phenoxy) is 2. The minimum atomic E-state index is 0.322. The zero-order chi connectivity index (χ0) is 15.0. The standard InChI is InChI=1S/C15H19N3O2S/c1-9(2)15-17-10-7-12-13(20-6-5-19-12)8-11(10)18(15)4-3-14(16)21/h7-9H,3-6H2,1-2H3,(H2,16,21). The molecule has 0 saturated heterocycles. The van der Waals surface area contributed by atoms with Crippen molar-refractivity contribution in [2.24, 2.45) is 5.73 Å². The second kappa shape index (κ2) is 5.52. The van der Waals surface area contributed by atoms with Crippen LogP contribution >= 0.6 is 12.2 Å². The lowest BCUT2D eigenvalue weighted by molar-refractivity contribution is 0.172. The van der Waals surface area contributed by atoms with E-state index in [2.05, 4.69) is 18.4 Å². The van der Waals surface area contributed by atoms with Gasteiger partial charge in [0.25, 0.3) is 0 Å². The molecule has 3 rings (SSSR count). The molecule has 0 spiro atoms. The van der Waals surface area contributed by atoms with Gasteiger partial charge in [0.05, 0.1) is 16.0 Å². The van der Waals surface area contributed by atoms with Crippen LogP contribution in [0.5, 0.6) is 11.5 Å². The molecule has 0 radical (unpaired) electrons. The molecule has 2 N–H and O–H groups in total. The third-order valence-electron chi connectivity index (χ3n) is 3.54. The van der Waals surface area contributed by atoms with E-state index in [0.29, 0.717) is 30.5 Å². The fraction of sp³-hybridized carbons (Fsp3) is 0.467. The van der Waals surface area contributed by atoms with Crippen LogP contribution in [-0.4, -0.2) is 27.8 Å². The summed E-state index contributed by atoms with van der Waals surface area (Å²) in [5.74, 6) is 2.90. The van der Waals surface area contributed by atoms with Crippen molar-refractivity contribution in [3.63, 3.8) is 0 Å². The van der Waals surface area contributed by atoms with Crippen LogP contribution in [0.15, 0.2) is 12.1 Å². The molecular weight excluding hydrogens is 286 g/mol. The maximum atomic E-state index is 5.67. The molecule has 0 atom stereocenters. The summed E-state index contributed by atoms with van der Waals surface area (Å²) in [5.41, 5.74) is 7.61. The second-order valence-electron chi connectivity index (χ2n) is 5.48. The Balaban J connectivity index is 2.11. The predicted octanol–water partition coefficient (Wildman–Crippen LogP) is 2.61. The first-order valence-electron chi connectivity index (χ1n) is 7.14. The summed E-state index contributed by atoms with van der Waals surface area (Å²) in [5, 5.41) is 0. The first-order valence-corrected chi connectivity index (χ1v) is 7.55. The number of nitrogens with zero attached hydrogens (tertiary/aromatic N) is 2. The number of aryl methyl sites for hydroxylation is 1. The summed E-state index contributed by atoms with van der Waals surface area (Å²) < 4.78 is 13.5. The Hall–Kier alpha value is -1.82. The molecule has 1 aromatic carbocycles. The predicted molar refractivity (Wildman–Crippen MR) is 86.2 cm³/mol. The van der Waals surface area contributed by atoms with E-state index in [1.807, 2.05) is 12.1 Å². The molecule has 0 unspecified atom stereocenters. The lowest BCUT2D eigenvalue weighted by atomic mass is 10.2. The Morgan fingerprint density at radius 3 is 2.62 bits per heavy atom. The van der Waals surface area contributed by atoms with Crippen LogP contribution in [0.4, 0.5) is 0 Å². The van der Waals surface area contributed by atoms with Crippen molar-refractivity contribution < 1.29 is 9.47 Å². The monoisotopic (exact) mass is 305 g/mol. The normalized spacial score (nSPS) is 13.9. The van der Waals surface area contributed by atoms with E-state index in [9.17, 15) is 0 Å². The third kappa shape index (κ3) is 2.68. The van der Waals surface area contributed by atoms with Gasteiger partial charge in [0.15, 0.2) is 11.5 Å². The summed E-state index contributed by atoms with van der Waals surface area (Å²) in [6.45, 7) is 6.16. The molecule has 0 aliphatic carbocycles. The number of rotatable bonds is 4. The van der Waals surface area contributed by atoms with E-state index in [1.165, 1.54) is 0 Å². The molecular formula is C15H19N3O2S. The van der Waals surface area contributed by atoms with E-state index in [0.717, 1.165) is 34.9 Å². The Morgan fingerprint density at radius 2 is 2.00 bits per heavy atom. The van der Waals surface area contributed by atoms with Crippen molar-refractivity contribution in [2.45, 2.75) is 32.7 Å². The first-order chi connectivity index (χ1) is 10.1. The molecule has 2 heterocycles. The fourth-order valence-corrected chi connectivity index (χ4v) is 2.67. The Labute approximate surface area is 129 Å². The van der Waals surface area contributed by atoms with Gasteiger partial charge in [0.2, 0.25) is 0 Å². The van der Waals surface area contributed by atoms with Gasteiger partial charge in [-0.3, -0.25) is 0 Å². The largest absolute Gasteiger partial charge is 0.486 e. The second-order valence-corrected chi connectivity index (χ2v) is 6.00. The zero-order valence-electron chi connectivity index (χ0n) is 12.3. The van der Waals surface area contributed by atoms with Gasteiger partial charge >= 0.3 is 0 Å². The minimum Gasteiger partial charge on any atom is -0.486 e. The van der Waals surface area contributed by atoms with Gasteiger partial charge < -0.3 is 19.8 Å². The molecule has 2 aromatic rings. The summed E-state index contributed by atoms with van der Waals surface area (Å²) >= 11 is 5.00. The molecule has 1 aliphatic rings. The maximum absolute atomic E-state index is 5.67. The molecule has 1 aliphatic heterocycles. The molecule has 0 bridgehead atoms. The quantitative estimate of drug-likeness (QED) is 0.880. The molecule has 21 heavy (non-hydrogen) atoms. The molecule has 5 nitrogen and oxygen atoms in total. The number of imidazole rings is 1. The number of fused-ring (bicyclic) bond motifs is 2. The summed E-state index contributed by atoms with van der Waals surface area (Å²) in [7, 11) is 0. The van der Waals surface area contributed by atoms with Crippen LogP contribution in [0.25, 0.3) is 11.0 Å². The van der Waals surface area contributed by atoms with Crippen LogP contribution < -0.4 is 15.2 Å². The number of aromatic nitrogens is 2. The molecule has 6 heteroatoms. The van der Waals surface area contributed by atoms with Crippen LogP contribution in [0.3, 0.4) is 0 Å².